The van der Waals surface area contributed by atoms with Gasteiger partial charge in [-0.3, -0.25) is 0 Å². The largest absolute Gasteiger partial charge is 0.378 e. The van der Waals surface area contributed by atoms with Crippen molar-refractivity contribution in [1.82, 2.24) is 0 Å². The molecule has 4 heteroatoms. The van der Waals surface area contributed by atoms with Gasteiger partial charge in [-0.15, -0.1) is 0 Å². The van der Waals surface area contributed by atoms with E-state index < -0.39 is 0 Å². The lowest BCUT2D eigenvalue weighted by Crippen LogP contribution is -2.06. The van der Waals surface area contributed by atoms with Crippen LogP contribution in [0.15, 0.2) is 40.9 Å². The minimum absolute atomic E-state index is 0.331. The topological polar surface area (TPSA) is 12.0 Å². The zero-order valence-electron chi connectivity index (χ0n) is 10.1. The van der Waals surface area contributed by atoms with Gasteiger partial charge in [0.1, 0.15) is 0 Å². The summed E-state index contributed by atoms with van der Waals surface area (Å²) in [6, 6.07) is 12.3. The van der Waals surface area contributed by atoms with Crippen molar-refractivity contribution in [3.05, 3.63) is 62.0 Å². The highest BCUT2D eigenvalue weighted by molar-refractivity contribution is 9.10. The van der Waals surface area contributed by atoms with Gasteiger partial charge in [-0.1, -0.05) is 45.2 Å². The smallest absolute Gasteiger partial charge is 0.0519 e. The monoisotopic (exact) mass is 355 g/mol. The van der Waals surface area contributed by atoms with Crippen LogP contribution in [0.4, 0.5) is 5.69 Å². The molecular weight excluding hydrogens is 345 g/mol. The number of hydrogen-bond acceptors (Lipinski definition) is 1. The summed E-state index contributed by atoms with van der Waals surface area (Å²) in [7, 11) is 0. The van der Waals surface area contributed by atoms with E-state index in [1.165, 1.54) is 11.1 Å². The number of fused-ring (bicyclic) bond motifs is 1. The van der Waals surface area contributed by atoms with Gasteiger partial charge in [0.25, 0.3) is 0 Å². The number of halogens is 3. The third-order valence-corrected chi connectivity index (χ3v) is 4.32. The van der Waals surface area contributed by atoms with E-state index in [1.807, 2.05) is 12.1 Å². The Kier molecular flexibility index (Phi) is 3.75. The molecule has 1 N–H and O–H groups in total. The number of rotatable bonds is 2. The van der Waals surface area contributed by atoms with Crippen molar-refractivity contribution in [3.63, 3.8) is 0 Å². The fourth-order valence-corrected chi connectivity index (χ4v) is 3.51. The molecule has 0 heterocycles. The van der Waals surface area contributed by atoms with Crippen LogP contribution in [-0.4, -0.2) is 0 Å². The summed E-state index contributed by atoms with van der Waals surface area (Å²) in [5, 5.41) is 4.83. The van der Waals surface area contributed by atoms with Crippen LogP contribution >= 0.6 is 39.1 Å². The van der Waals surface area contributed by atoms with Gasteiger partial charge in [0, 0.05) is 20.2 Å². The number of nitrogens with one attached hydrogen (secondary N) is 1. The van der Waals surface area contributed by atoms with Crippen LogP contribution in [0, 0.1) is 0 Å². The van der Waals surface area contributed by atoms with Crippen LogP contribution in [0.25, 0.3) is 0 Å². The molecular formula is C15H12BrCl2N. The van der Waals surface area contributed by atoms with Crippen molar-refractivity contribution >= 4 is 44.8 Å². The molecule has 3 rings (SSSR count). The second kappa shape index (κ2) is 5.35. The van der Waals surface area contributed by atoms with Crippen LogP contribution < -0.4 is 5.32 Å². The minimum atomic E-state index is 0.331. The molecule has 0 spiro atoms. The second-order valence-corrected chi connectivity index (χ2v) is 6.53. The van der Waals surface area contributed by atoms with E-state index in [9.17, 15) is 0 Å². The first kappa shape index (κ1) is 13.3. The number of hydrogen-bond donors (Lipinski definition) is 1. The van der Waals surface area contributed by atoms with Crippen molar-refractivity contribution in [2.75, 3.05) is 5.32 Å². The maximum Gasteiger partial charge on any atom is 0.0519 e. The molecule has 0 aliphatic heterocycles. The number of anilines is 1. The third-order valence-electron chi connectivity index (χ3n) is 3.39. The molecule has 2 aromatic rings. The van der Waals surface area contributed by atoms with Gasteiger partial charge in [-0.25, -0.2) is 0 Å². The van der Waals surface area contributed by atoms with Crippen molar-refractivity contribution in [2.24, 2.45) is 0 Å². The predicted molar refractivity (Wildman–Crippen MR) is 85.3 cm³/mol. The number of aryl methyl sites for hydroxylation is 1. The van der Waals surface area contributed by atoms with Crippen molar-refractivity contribution in [2.45, 2.75) is 18.9 Å². The lowest BCUT2D eigenvalue weighted by atomic mass is 10.1. The van der Waals surface area contributed by atoms with Gasteiger partial charge in [0.15, 0.2) is 0 Å². The highest BCUT2D eigenvalue weighted by Crippen LogP contribution is 2.36. The Labute approximate surface area is 131 Å². The van der Waals surface area contributed by atoms with Gasteiger partial charge in [-0.2, -0.15) is 0 Å². The molecule has 0 amide bonds. The molecule has 1 aliphatic rings. The van der Waals surface area contributed by atoms with Crippen LogP contribution in [0.3, 0.4) is 0 Å². The average Bonchev–Trinajstić information content (AvgIpc) is 2.70. The van der Waals surface area contributed by atoms with Crippen LogP contribution in [0.1, 0.15) is 23.6 Å². The molecule has 0 saturated heterocycles. The summed E-state index contributed by atoms with van der Waals surface area (Å²) in [6.45, 7) is 0. The molecule has 1 aliphatic carbocycles. The minimum Gasteiger partial charge on any atom is -0.378 e. The van der Waals surface area contributed by atoms with Crippen LogP contribution in [0.2, 0.25) is 10.0 Å². The van der Waals surface area contributed by atoms with Gasteiger partial charge < -0.3 is 5.32 Å². The van der Waals surface area contributed by atoms with Crippen molar-refractivity contribution in [3.8, 4) is 0 Å². The first-order valence-electron chi connectivity index (χ1n) is 6.13. The molecule has 1 atom stereocenters. The van der Waals surface area contributed by atoms with E-state index in [4.69, 9.17) is 23.2 Å². The molecule has 98 valence electrons. The molecule has 0 bridgehead atoms. The standard InChI is InChI=1S/C15H12BrCl2N/c16-10-2-3-14-9(5-10)1-4-15(14)19-13-7-11(17)6-12(18)8-13/h2-3,5-8,15,19H,1,4H2. The fraction of sp³-hybridized carbons (Fsp3) is 0.200. The maximum absolute atomic E-state index is 6.03. The molecule has 19 heavy (non-hydrogen) atoms. The molecule has 1 unspecified atom stereocenters. The second-order valence-electron chi connectivity index (χ2n) is 4.74. The van der Waals surface area contributed by atoms with Gasteiger partial charge >= 0.3 is 0 Å². The first-order valence-corrected chi connectivity index (χ1v) is 7.68. The van der Waals surface area contributed by atoms with E-state index >= 15 is 0 Å². The summed E-state index contributed by atoms with van der Waals surface area (Å²) in [6.07, 6.45) is 2.19. The quantitative estimate of drug-likeness (QED) is 0.711. The molecule has 0 saturated carbocycles. The lowest BCUT2D eigenvalue weighted by Gasteiger charge is -2.16. The summed E-state index contributed by atoms with van der Waals surface area (Å²) in [4.78, 5) is 0. The van der Waals surface area contributed by atoms with E-state index in [0.717, 1.165) is 23.0 Å². The normalized spacial score (nSPS) is 17.3. The predicted octanol–water partition coefficient (Wildman–Crippen LogP) is 5.86. The SMILES string of the molecule is Clc1cc(Cl)cc(NC2CCc3cc(Br)ccc32)c1. The zero-order valence-corrected chi connectivity index (χ0v) is 13.2. The lowest BCUT2D eigenvalue weighted by molar-refractivity contribution is 0.762. The molecule has 1 nitrogen and oxygen atoms in total. The Morgan fingerprint density at radius 3 is 2.53 bits per heavy atom. The molecule has 2 aromatic carbocycles. The van der Waals surface area contributed by atoms with Gasteiger partial charge in [-0.05, 0) is 54.3 Å². The summed E-state index contributed by atoms with van der Waals surface area (Å²) >= 11 is 15.6. The van der Waals surface area contributed by atoms with Crippen molar-refractivity contribution in [1.29, 1.82) is 0 Å². The summed E-state index contributed by atoms with van der Waals surface area (Å²) < 4.78 is 1.14. The fourth-order valence-electron chi connectivity index (χ4n) is 2.57. The Balaban J connectivity index is 1.86. The maximum atomic E-state index is 6.03. The van der Waals surface area contributed by atoms with Gasteiger partial charge in [0.05, 0.1) is 6.04 Å². The Bertz CT molecular complexity index is 607. The Morgan fingerprint density at radius 2 is 1.79 bits per heavy atom. The molecule has 0 radical (unpaired) electrons. The van der Waals surface area contributed by atoms with Crippen LogP contribution in [-0.2, 0) is 6.42 Å². The molecule has 0 aromatic heterocycles. The van der Waals surface area contributed by atoms with Crippen molar-refractivity contribution < 1.29 is 0 Å². The zero-order chi connectivity index (χ0) is 13.4. The number of benzene rings is 2. The Morgan fingerprint density at radius 1 is 1.05 bits per heavy atom. The first-order chi connectivity index (χ1) is 9.11. The highest BCUT2D eigenvalue weighted by Gasteiger charge is 2.22. The van der Waals surface area contributed by atoms with E-state index in [-0.39, 0.29) is 0 Å². The van der Waals surface area contributed by atoms with E-state index in [2.05, 4.69) is 39.4 Å². The summed E-state index contributed by atoms with van der Waals surface area (Å²) in [5.41, 5.74) is 3.73. The van der Waals surface area contributed by atoms with E-state index in [1.54, 1.807) is 6.07 Å². The van der Waals surface area contributed by atoms with Crippen LogP contribution in [0.5, 0.6) is 0 Å². The molecule has 0 fully saturated rings. The third kappa shape index (κ3) is 2.91. The van der Waals surface area contributed by atoms with Gasteiger partial charge in [0.2, 0.25) is 0 Å². The highest BCUT2D eigenvalue weighted by atomic mass is 79.9. The van der Waals surface area contributed by atoms with E-state index in [0.29, 0.717) is 16.1 Å². The summed E-state index contributed by atoms with van der Waals surface area (Å²) in [5.74, 6) is 0. The average molecular weight is 357 g/mol. The Hall–Kier alpha value is -0.700.